The highest BCUT2D eigenvalue weighted by molar-refractivity contribution is 7.78. The van der Waals surface area contributed by atoms with Gasteiger partial charge in [0.05, 0.1) is 12.2 Å². The molecule has 27 heavy (non-hydrogen) atoms. The number of fused-ring (bicyclic) bond motifs is 1. The summed E-state index contributed by atoms with van der Waals surface area (Å²) in [5.41, 5.74) is 3.60. The third kappa shape index (κ3) is 4.16. The number of rotatable bonds is 5. The summed E-state index contributed by atoms with van der Waals surface area (Å²) in [6, 6.07) is 11.4. The molecule has 0 aromatic heterocycles. The van der Waals surface area contributed by atoms with Crippen molar-refractivity contribution in [3.05, 3.63) is 59.2 Å². The third-order valence-electron chi connectivity index (χ3n) is 4.18. The van der Waals surface area contributed by atoms with Gasteiger partial charge in [-0.05, 0) is 36.2 Å². The fourth-order valence-corrected chi connectivity index (χ4v) is 3.30. The largest absolute Gasteiger partial charge is 0.772 e. The first-order valence-electron chi connectivity index (χ1n) is 8.09. The Labute approximate surface area is 158 Å². The van der Waals surface area contributed by atoms with Crippen LogP contribution in [0.2, 0.25) is 0 Å². The highest BCUT2D eigenvalue weighted by Gasteiger charge is 2.32. The van der Waals surface area contributed by atoms with Crippen LogP contribution in [0.25, 0.3) is 0 Å². The normalized spacial score (nSPS) is 17.1. The number of hydroxylamine groups is 1. The summed E-state index contributed by atoms with van der Waals surface area (Å²) < 4.78 is 27.2. The zero-order valence-corrected chi connectivity index (χ0v) is 15.2. The second kappa shape index (κ2) is 7.87. The molecule has 0 saturated carbocycles. The van der Waals surface area contributed by atoms with Gasteiger partial charge in [-0.2, -0.15) is 0 Å². The fraction of sp³-hybridized carbons (Fsp3) is 0.222. The zero-order chi connectivity index (χ0) is 19.6. The number of ether oxygens (including phenoxy) is 1. The van der Waals surface area contributed by atoms with E-state index in [1.165, 1.54) is 17.0 Å². The van der Waals surface area contributed by atoms with Gasteiger partial charge in [0.2, 0.25) is 0 Å². The Bertz CT molecular complexity index is 899. The molecule has 2 aromatic rings. The molecule has 0 bridgehead atoms. The summed E-state index contributed by atoms with van der Waals surface area (Å²) in [6.07, 6.45) is -0.683. The average molecular weight is 389 g/mol. The van der Waals surface area contributed by atoms with Crippen molar-refractivity contribution in [2.75, 3.05) is 4.90 Å². The van der Waals surface area contributed by atoms with Gasteiger partial charge in [0.1, 0.15) is 5.75 Å². The lowest BCUT2D eigenvalue weighted by Crippen LogP contribution is -2.44. The van der Waals surface area contributed by atoms with Crippen molar-refractivity contribution >= 4 is 28.6 Å². The Hall–Kier alpha value is -2.75. The summed E-state index contributed by atoms with van der Waals surface area (Å²) in [5, 5.41) is 8.82. The number of nitrogens with zero attached hydrogens (tertiary/aromatic N) is 1. The number of carbonyl (C=O) groups excluding carboxylic acids is 2. The predicted octanol–water partition coefficient (Wildman–Crippen LogP) is 1.50. The molecule has 1 aliphatic rings. The highest BCUT2D eigenvalue weighted by Crippen LogP contribution is 2.36. The lowest BCUT2D eigenvalue weighted by Gasteiger charge is -2.33. The van der Waals surface area contributed by atoms with Gasteiger partial charge in [0.15, 0.2) is 6.10 Å². The maximum Gasteiger partial charge on any atom is 0.274 e. The van der Waals surface area contributed by atoms with Crippen LogP contribution in [-0.4, -0.2) is 31.9 Å². The maximum absolute atomic E-state index is 12.6. The molecule has 2 aromatic carbocycles. The van der Waals surface area contributed by atoms with Crippen LogP contribution in [0.4, 0.5) is 5.69 Å². The first-order chi connectivity index (χ1) is 12.9. The number of hydrogen-bond acceptors (Lipinski definition) is 6. The van der Waals surface area contributed by atoms with Crippen molar-refractivity contribution in [3.8, 4) is 5.75 Å². The Morgan fingerprint density at radius 2 is 1.93 bits per heavy atom. The van der Waals surface area contributed by atoms with Crippen molar-refractivity contribution in [1.29, 1.82) is 0 Å². The monoisotopic (exact) mass is 389 g/mol. The number of amides is 2. The topological polar surface area (TPSA) is 119 Å². The van der Waals surface area contributed by atoms with E-state index in [4.69, 9.17) is 9.94 Å². The molecule has 142 valence electrons. The van der Waals surface area contributed by atoms with E-state index < -0.39 is 23.1 Å². The molecule has 0 saturated heterocycles. The summed E-state index contributed by atoms with van der Waals surface area (Å²) >= 11 is -2.17. The minimum atomic E-state index is -2.17. The molecule has 2 N–H and O–H groups in total. The second-order valence-electron chi connectivity index (χ2n) is 6.07. The number of carbonyl (C=O) groups is 2. The van der Waals surface area contributed by atoms with E-state index >= 15 is 0 Å². The molecule has 0 spiro atoms. The molecule has 9 heteroatoms. The van der Waals surface area contributed by atoms with E-state index in [2.05, 4.69) is 0 Å². The van der Waals surface area contributed by atoms with Crippen LogP contribution in [0.3, 0.4) is 0 Å². The lowest BCUT2D eigenvalue weighted by atomic mass is 10.1. The molecule has 2 unspecified atom stereocenters. The van der Waals surface area contributed by atoms with E-state index in [0.29, 0.717) is 17.0 Å². The summed E-state index contributed by atoms with van der Waals surface area (Å²) in [4.78, 5) is 25.8. The van der Waals surface area contributed by atoms with Crippen molar-refractivity contribution in [3.63, 3.8) is 0 Å². The van der Waals surface area contributed by atoms with Gasteiger partial charge in [-0.15, -0.1) is 0 Å². The summed E-state index contributed by atoms with van der Waals surface area (Å²) in [7, 11) is 0. The van der Waals surface area contributed by atoms with Crippen LogP contribution < -0.4 is 15.1 Å². The minimum Gasteiger partial charge on any atom is -0.772 e. The van der Waals surface area contributed by atoms with Crippen LogP contribution in [0.1, 0.15) is 28.4 Å². The molecule has 0 radical (unpaired) electrons. The first kappa shape index (κ1) is 19.0. The van der Waals surface area contributed by atoms with E-state index in [9.17, 15) is 18.4 Å². The Kier molecular flexibility index (Phi) is 5.54. The van der Waals surface area contributed by atoms with Crippen molar-refractivity contribution < 1.29 is 28.3 Å². The van der Waals surface area contributed by atoms with Crippen LogP contribution in [-0.2, 0) is 28.2 Å². The van der Waals surface area contributed by atoms with E-state index in [1.807, 2.05) is 0 Å². The van der Waals surface area contributed by atoms with Gasteiger partial charge >= 0.3 is 0 Å². The molecule has 2 amide bonds. The van der Waals surface area contributed by atoms with E-state index in [-0.39, 0.29) is 23.8 Å². The zero-order valence-electron chi connectivity index (χ0n) is 14.4. The fourth-order valence-electron chi connectivity index (χ4n) is 2.84. The predicted molar refractivity (Wildman–Crippen MR) is 96.0 cm³/mol. The quantitative estimate of drug-likeness (QED) is 0.454. The maximum atomic E-state index is 12.6. The molecule has 0 aliphatic carbocycles. The van der Waals surface area contributed by atoms with Gasteiger partial charge < -0.3 is 14.2 Å². The van der Waals surface area contributed by atoms with Crippen molar-refractivity contribution in [2.24, 2.45) is 0 Å². The minimum absolute atomic E-state index is 0.0732. The number of nitrogens with one attached hydrogen (secondary N) is 1. The smallest absolute Gasteiger partial charge is 0.274 e. The van der Waals surface area contributed by atoms with Gasteiger partial charge in [0, 0.05) is 11.3 Å². The average Bonchev–Trinajstić information content (AvgIpc) is 2.65. The Balaban J connectivity index is 1.91. The van der Waals surface area contributed by atoms with Gasteiger partial charge in [-0.25, -0.2) is 5.48 Å². The van der Waals surface area contributed by atoms with Gasteiger partial charge in [-0.1, -0.05) is 35.3 Å². The van der Waals surface area contributed by atoms with Gasteiger partial charge in [-0.3, -0.25) is 19.0 Å². The molecule has 2 atom stereocenters. The van der Waals surface area contributed by atoms with Crippen molar-refractivity contribution in [1.82, 2.24) is 5.48 Å². The number of benzene rings is 2. The molecule has 0 fully saturated rings. The summed E-state index contributed by atoms with van der Waals surface area (Å²) in [5.74, 6) is -0.585. The van der Waals surface area contributed by atoms with Crippen LogP contribution in [0.15, 0.2) is 42.5 Å². The van der Waals surface area contributed by atoms with Crippen LogP contribution in [0.5, 0.6) is 5.75 Å². The standard InChI is InChI=1S/C18H18N2O6S/c1-11-18(22)20(9-12-2-4-13(5-3-12)10-27(24)25)15-8-14(17(21)19-23)6-7-16(15)26-11/h2-8,11,23H,9-10H2,1H3,(H,19,21)(H,24,25)/p-1. The molecule has 3 rings (SSSR count). The second-order valence-corrected chi connectivity index (χ2v) is 6.97. The number of hydrogen-bond donors (Lipinski definition) is 2. The number of anilines is 1. The molecule has 1 aliphatic heterocycles. The molecular formula is C18H17N2O6S-. The van der Waals surface area contributed by atoms with Crippen molar-refractivity contribution in [2.45, 2.75) is 25.3 Å². The van der Waals surface area contributed by atoms with Gasteiger partial charge in [0.25, 0.3) is 11.8 Å². The lowest BCUT2D eigenvalue weighted by molar-refractivity contribution is -0.125. The molecule has 8 nitrogen and oxygen atoms in total. The SMILES string of the molecule is CC1Oc2ccc(C(=O)NO)cc2N(Cc2ccc(CS(=O)[O-])cc2)C1=O. The molecule has 1 heterocycles. The third-order valence-corrected chi connectivity index (χ3v) is 4.75. The van der Waals surface area contributed by atoms with E-state index in [1.54, 1.807) is 42.7 Å². The van der Waals surface area contributed by atoms with Crippen LogP contribution in [0, 0.1) is 0 Å². The summed E-state index contributed by atoms with van der Waals surface area (Å²) in [6.45, 7) is 1.86. The first-order valence-corrected chi connectivity index (χ1v) is 9.33. The Morgan fingerprint density at radius 1 is 1.26 bits per heavy atom. The van der Waals surface area contributed by atoms with E-state index in [0.717, 1.165) is 5.56 Å². The highest BCUT2D eigenvalue weighted by atomic mass is 32.2. The van der Waals surface area contributed by atoms with Crippen LogP contribution >= 0.6 is 0 Å². The Morgan fingerprint density at radius 3 is 2.56 bits per heavy atom. The molecular weight excluding hydrogens is 372 g/mol.